The molecule has 0 spiro atoms. The highest BCUT2D eigenvalue weighted by Crippen LogP contribution is 2.35. The molecule has 146 valence electrons. The van der Waals surface area contributed by atoms with Gasteiger partial charge in [0.05, 0.1) is 6.10 Å². The summed E-state index contributed by atoms with van der Waals surface area (Å²) in [5, 5.41) is 0. The Bertz CT molecular complexity index is 397. The fraction of sp³-hybridized carbons (Fsp3) is 0.909. The van der Waals surface area contributed by atoms with Gasteiger partial charge in [0, 0.05) is 12.6 Å². The number of piperidine rings is 2. The van der Waals surface area contributed by atoms with Crippen LogP contribution < -0.4 is 0 Å². The second kappa shape index (κ2) is 10.9. The molecule has 2 nitrogen and oxygen atoms in total. The highest BCUT2D eigenvalue weighted by molar-refractivity contribution is 6.73. The van der Waals surface area contributed by atoms with E-state index in [-0.39, 0.29) is 0 Å². The van der Waals surface area contributed by atoms with Crippen LogP contribution in [0.25, 0.3) is 0 Å². The quantitative estimate of drug-likeness (QED) is 0.248. The van der Waals surface area contributed by atoms with Crippen molar-refractivity contribution in [3.63, 3.8) is 0 Å². The van der Waals surface area contributed by atoms with Gasteiger partial charge in [-0.15, -0.1) is 0 Å². The van der Waals surface area contributed by atoms with Crippen molar-refractivity contribution in [2.45, 2.75) is 116 Å². The van der Waals surface area contributed by atoms with Gasteiger partial charge in [-0.2, -0.15) is 0 Å². The summed E-state index contributed by atoms with van der Waals surface area (Å²) in [6, 6.07) is 4.60. The Balaban J connectivity index is 2.05. The highest BCUT2D eigenvalue weighted by Gasteiger charge is 2.38. The summed E-state index contributed by atoms with van der Waals surface area (Å²) >= 11 is 0. The van der Waals surface area contributed by atoms with Gasteiger partial charge in [-0.05, 0) is 62.4 Å². The first-order chi connectivity index (χ1) is 12.2. The van der Waals surface area contributed by atoms with Crippen LogP contribution in [-0.2, 0) is 4.43 Å². The maximum absolute atomic E-state index is 7.01. The topological polar surface area (TPSA) is 12.5 Å². The molecule has 3 heteroatoms. The molecular formula is C22H43NOSi. The molecule has 0 unspecified atom stereocenters. The molecule has 0 aromatic carbocycles. The largest absolute Gasteiger partial charge is 0.410 e. The van der Waals surface area contributed by atoms with Crippen LogP contribution in [0.3, 0.4) is 0 Å². The molecule has 0 aromatic rings. The number of allylic oxidation sites excluding steroid dienone is 1. The first-order valence-electron chi connectivity index (χ1n) is 11.3. The predicted molar refractivity (Wildman–Crippen MR) is 113 cm³/mol. The van der Waals surface area contributed by atoms with E-state index in [0.717, 1.165) is 6.04 Å². The van der Waals surface area contributed by atoms with Gasteiger partial charge in [0.25, 0.3) is 0 Å². The van der Waals surface area contributed by atoms with Crippen molar-refractivity contribution in [1.29, 1.82) is 0 Å². The zero-order valence-corrected chi connectivity index (χ0v) is 18.5. The summed E-state index contributed by atoms with van der Waals surface area (Å²) in [7, 11) is -1.52. The normalized spacial score (nSPS) is 26.8. The van der Waals surface area contributed by atoms with Gasteiger partial charge in [-0.3, -0.25) is 4.90 Å². The zero-order chi connectivity index (χ0) is 18.1. The molecule has 0 amide bonds. The van der Waals surface area contributed by atoms with Crippen LogP contribution in [0.4, 0.5) is 0 Å². The number of rotatable bonds is 10. The second-order valence-corrected chi connectivity index (χ2v) is 13.1. The maximum Gasteiger partial charge on any atom is 0.192 e. The van der Waals surface area contributed by atoms with E-state index >= 15 is 0 Å². The molecule has 0 N–H and O–H groups in total. The van der Waals surface area contributed by atoms with Crippen molar-refractivity contribution < 1.29 is 4.43 Å². The fourth-order valence-corrected chi connectivity index (χ4v) is 7.60. The van der Waals surface area contributed by atoms with Crippen molar-refractivity contribution in [3.05, 3.63) is 11.6 Å². The summed E-state index contributed by atoms with van der Waals surface area (Å²) in [6.07, 6.45) is 15.2. The van der Waals surface area contributed by atoms with Crippen LogP contribution in [0, 0.1) is 0 Å². The Morgan fingerprint density at radius 1 is 1.04 bits per heavy atom. The molecule has 2 aliphatic heterocycles. The van der Waals surface area contributed by atoms with Gasteiger partial charge in [-0.25, -0.2) is 0 Å². The molecule has 2 saturated heterocycles. The van der Waals surface area contributed by atoms with Gasteiger partial charge in [-0.1, -0.05) is 59.5 Å². The molecule has 0 aromatic heterocycles. The molecule has 2 atom stereocenters. The number of hydrogen-bond acceptors (Lipinski definition) is 2. The lowest BCUT2D eigenvalue weighted by molar-refractivity contribution is 0.0674. The van der Waals surface area contributed by atoms with Crippen LogP contribution in [0.15, 0.2) is 11.6 Å². The van der Waals surface area contributed by atoms with Crippen molar-refractivity contribution >= 4 is 8.32 Å². The van der Waals surface area contributed by atoms with Gasteiger partial charge >= 0.3 is 0 Å². The number of nitrogens with zero attached hydrogens (tertiary/aromatic N) is 1. The molecule has 0 bridgehead atoms. The first-order valence-corrected chi connectivity index (χ1v) is 13.8. The average Bonchev–Trinajstić information content (AvgIpc) is 2.66. The molecule has 2 fully saturated rings. The Morgan fingerprint density at radius 2 is 1.80 bits per heavy atom. The maximum atomic E-state index is 7.01. The van der Waals surface area contributed by atoms with E-state index in [9.17, 15) is 0 Å². The molecule has 2 rings (SSSR count). The molecule has 0 saturated carbocycles. The van der Waals surface area contributed by atoms with E-state index in [1.165, 1.54) is 89.0 Å². The van der Waals surface area contributed by atoms with Crippen molar-refractivity contribution in [2.24, 2.45) is 0 Å². The zero-order valence-electron chi connectivity index (χ0n) is 17.5. The average molecular weight is 366 g/mol. The van der Waals surface area contributed by atoms with E-state index in [2.05, 4.69) is 38.7 Å². The van der Waals surface area contributed by atoms with Crippen LogP contribution in [0.2, 0.25) is 18.1 Å². The highest BCUT2D eigenvalue weighted by atomic mass is 28.4. The van der Waals surface area contributed by atoms with E-state index < -0.39 is 8.32 Å². The number of fused-ring (bicyclic) bond motifs is 1. The van der Waals surface area contributed by atoms with E-state index in [1.54, 1.807) is 5.57 Å². The SMILES string of the molecule is CCCCCC/C=C1\CN2CCCC[C@H]2C[C@H]1O[Si](CC)(CC)CC. The van der Waals surface area contributed by atoms with Crippen LogP contribution in [0.5, 0.6) is 0 Å². The summed E-state index contributed by atoms with van der Waals surface area (Å²) < 4.78 is 7.01. The third-order valence-corrected chi connectivity index (χ3v) is 11.5. The van der Waals surface area contributed by atoms with Gasteiger partial charge < -0.3 is 4.43 Å². The summed E-state index contributed by atoms with van der Waals surface area (Å²) in [5.74, 6) is 0. The molecule has 2 heterocycles. The van der Waals surface area contributed by atoms with Gasteiger partial charge in [0.2, 0.25) is 0 Å². The lowest BCUT2D eigenvalue weighted by Crippen LogP contribution is -2.51. The van der Waals surface area contributed by atoms with E-state index in [0.29, 0.717) is 6.10 Å². The standard InChI is InChI=1S/C22H43NOSi/c1-5-9-10-11-12-15-20-19-23-17-14-13-16-21(23)18-22(20)24-25(6-2,7-3)8-4/h15,21-22H,5-14,16-19H2,1-4H3/b20-15+/t21-,22+/m0/s1. The lowest BCUT2D eigenvalue weighted by Gasteiger charge is -2.46. The monoisotopic (exact) mass is 365 g/mol. The van der Waals surface area contributed by atoms with E-state index in [4.69, 9.17) is 4.43 Å². The Morgan fingerprint density at radius 3 is 2.48 bits per heavy atom. The molecule has 25 heavy (non-hydrogen) atoms. The third kappa shape index (κ3) is 5.94. The summed E-state index contributed by atoms with van der Waals surface area (Å²) in [4.78, 5) is 2.76. The van der Waals surface area contributed by atoms with Crippen molar-refractivity contribution in [3.8, 4) is 0 Å². The van der Waals surface area contributed by atoms with Crippen LogP contribution in [-0.4, -0.2) is 38.5 Å². The predicted octanol–water partition coefficient (Wildman–Crippen LogP) is 6.53. The minimum absolute atomic E-state index is 0.428. The summed E-state index contributed by atoms with van der Waals surface area (Å²) in [6.45, 7) is 11.9. The van der Waals surface area contributed by atoms with Crippen LogP contribution in [0.1, 0.15) is 85.5 Å². The molecule has 0 radical (unpaired) electrons. The number of unbranched alkanes of at least 4 members (excludes halogenated alkanes) is 4. The fourth-order valence-electron chi connectivity index (χ4n) is 4.75. The van der Waals surface area contributed by atoms with Gasteiger partial charge in [0.1, 0.15) is 0 Å². The third-order valence-electron chi connectivity index (χ3n) is 6.82. The first kappa shape index (κ1) is 21.2. The Kier molecular flexibility index (Phi) is 9.22. The van der Waals surface area contributed by atoms with Gasteiger partial charge in [0.15, 0.2) is 8.32 Å². The summed E-state index contributed by atoms with van der Waals surface area (Å²) in [5.41, 5.74) is 1.63. The molecule has 0 aliphatic carbocycles. The van der Waals surface area contributed by atoms with E-state index in [1.807, 2.05) is 0 Å². The lowest BCUT2D eigenvalue weighted by atomic mass is 9.88. The number of hydrogen-bond donors (Lipinski definition) is 0. The Hall–Kier alpha value is -0.123. The minimum atomic E-state index is -1.52. The Labute approximate surface area is 158 Å². The minimum Gasteiger partial charge on any atom is -0.410 e. The second-order valence-electron chi connectivity index (χ2n) is 8.33. The van der Waals surface area contributed by atoms with Crippen LogP contribution >= 0.6 is 0 Å². The van der Waals surface area contributed by atoms with Crippen molar-refractivity contribution in [2.75, 3.05) is 13.1 Å². The molecule has 2 aliphatic rings. The molecular weight excluding hydrogens is 322 g/mol. The smallest absolute Gasteiger partial charge is 0.192 e. The van der Waals surface area contributed by atoms with Crippen molar-refractivity contribution in [1.82, 2.24) is 4.90 Å².